The monoisotopic (exact) mass is 324 g/mol. The number of pyridine rings is 1. The lowest BCUT2D eigenvalue weighted by atomic mass is 10.3. The molecule has 1 unspecified atom stereocenters. The van der Waals surface area contributed by atoms with E-state index in [0.717, 1.165) is 22.9 Å². The van der Waals surface area contributed by atoms with Crippen LogP contribution in [0, 0.1) is 10.1 Å². The summed E-state index contributed by atoms with van der Waals surface area (Å²) in [6.45, 7) is -0.162. The Labute approximate surface area is 130 Å². The Bertz CT molecular complexity index is 714. The Kier molecular flexibility index (Phi) is 5.13. The van der Waals surface area contributed by atoms with Crippen LogP contribution in [-0.2, 0) is 6.54 Å². The zero-order chi connectivity index (χ0) is 16.1. The molecule has 1 aromatic carbocycles. The van der Waals surface area contributed by atoms with Gasteiger partial charge in [0.1, 0.15) is 18.5 Å². The number of halogens is 1. The first-order valence-electron chi connectivity index (χ1n) is 6.37. The minimum absolute atomic E-state index is 0.0588. The molecule has 1 aromatic heterocycles. The van der Waals surface area contributed by atoms with Gasteiger partial charge in [0.2, 0.25) is 0 Å². The van der Waals surface area contributed by atoms with Gasteiger partial charge in [0.05, 0.1) is 17.7 Å². The van der Waals surface area contributed by atoms with Gasteiger partial charge in [-0.2, -0.15) is 0 Å². The molecule has 0 saturated heterocycles. The molecule has 0 aliphatic carbocycles. The summed E-state index contributed by atoms with van der Waals surface area (Å²) in [6.07, 6.45) is 0.101. The van der Waals surface area contributed by atoms with Gasteiger partial charge in [-0.1, -0.05) is 11.6 Å². The van der Waals surface area contributed by atoms with Gasteiger partial charge >= 0.3 is 0 Å². The molecule has 0 spiro atoms. The number of aromatic nitrogens is 1. The largest absolute Gasteiger partial charge is 0.491 e. The fraction of sp³-hybridized carbons (Fsp3) is 0.214. The smallest absolute Gasteiger partial charge is 0.285 e. The first kappa shape index (κ1) is 16.0. The minimum atomic E-state index is -0.990. The quantitative estimate of drug-likeness (QED) is 0.646. The number of rotatable bonds is 6. The lowest BCUT2D eigenvalue weighted by Crippen LogP contribution is -2.29. The molecule has 0 fully saturated rings. The molecule has 22 heavy (non-hydrogen) atoms. The van der Waals surface area contributed by atoms with Crippen molar-refractivity contribution in [1.29, 1.82) is 0 Å². The molecule has 0 aliphatic rings. The summed E-state index contributed by atoms with van der Waals surface area (Å²) in [7, 11) is 0. The molecule has 0 amide bonds. The van der Waals surface area contributed by atoms with E-state index in [1.54, 1.807) is 24.3 Å². The van der Waals surface area contributed by atoms with Gasteiger partial charge in [0, 0.05) is 17.2 Å². The standard InChI is InChI=1S/C14H13ClN2O5/c15-10-1-4-13(5-2-10)22-9-12(18)8-16-7-11(17(20)21)3-6-14(16)19/h1-7,12,18H,8-9H2. The Morgan fingerprint density at radius 3 is 2.59 bits per heavy atom. The number of benzene rings is 1. The third-order valence-corrected chi connectivity index (χ3v) is 3.09. The highest BCUT2D eigenvalue weighted by molar-refractivity contribution is 6.30. The highest BCUT2D eigenvalue weighted by atomic mass is 35.5. The van der Waals surface area contributed by atoms with Crippen molar-refractivity contribution in [3.05, 3.63) is 68.1 Å². The van der Waals surface area contributed by atoms with Crippen LogP contribution in [-0.4, -0.2) is 27.3 Å². The summed E-state index contributed by atoms with van der Waals surface area (Å²) in [6, 6.07) is 8.80. The van der Waals surface area contributed by atoms with Gasteiger partial charge in [-0.25, -0.2) is 0 Å². The average Bonchev–Trinajstić information content (AvgIpc) is 2.48. The number of nitro groups is 1. The van der Waals surface area contributed by atoms with Crippen molar-refractivity contribution in [2.45, 2.75) is 12.6 Å². The molecule has 8 heteroatoms. The predicted octanol–water partition coefficient (Wildman–Crippen LogP) is 1.85. The van der Waals surface area contributed by atoms with Gasteiger partial charge in [0.15, 0.2) is 0 Å². The Morgan fingerprint density at radius 2 is 1.95 bits per heavy atom. The van der Waals surface area contributed by atoms with Crippen molar-refractivity contribution in [2.24, 2.45) is 0 Å². The molecule has 1 atom stereocenters. The first-order chi connectivity index (χ1) is 10.5. The summed E-state index contributed by atoms with van der Waals surface area (Å²) < 4.78 is 6.43. The number of hydrogen-bond donors (Lipinski definition) is 1. The molecule has 0 bridgehead atoms. The van der Waals surface area contributed by atoms with Crippen molar-refractivity contribution < 1.29 is 14.8 Å². The Balaban J connectivity index is 1.98. The number of ether oxygens (including phenoxy) is 1. The van der Waals surface area contributed by atoms with E-state index in [9.17, 15) is 20.0 Å². The van der Waals surface area contributed by atoms with Crippen LogP contribution >= 0.6 is 11.6 Å². The predicted molar refractivity (Wildman–Crippen MR) is 80.3 cm³/mol. The maximum Gasteiger partial charge on any atom is 0.285 e. The Hall–Kier alpha value is -2.38. The van der Waals surface area contributed by atoms with Crippen LogP contribution in [0.25, 0.3) is 0 Å². The summed E-state index contributed by atoms with van der Waals surface area (Å²) in [5.41, 5.74) is -0.651. The zero-order valence-corrected chi connectivity index (χ0v) is 12.1. The molecule has 1 N–H and O–H groups in total. The van der Waals surface area contributed by atoms with E-state index < -0.39 is 16.6 Å². The van der Waals surface area contributed by atoms with Gasteiger partial charge in [-0.15, -0.1) is 0 Å². The maximum absolute atomic E-state index is 11.6. The minimum Gasteiger partial charge on any atom is -0.491 e. The molecule has 0 aliphatic heterocycles. The van der Waals surface area contributed by atoms with Crippen LogP contribution in [0.3, 0.4) is 0 Å². The third kappa shape index (κ3) is 4.31. The molecule has 0 saturated carbocycles. The van der Waals surface area contributed by atoms with Crippen LogP contribution in [0.5, 0.6) is 5.75 Å². The van der Waals surface area contributed by atoms with Crippen LogP contribution in [0.4, 0.5) is 5.69 Å². The van der Waals surface area contributed by atoms with Crippen molar-refractivity contribution in [2.75, 3.05) is 6.61 Å². The van der Waals surface area contributed by atoms with E-state index in [-0.39, 0.29) is 18.8 Å². The van der Waals surface area contributed by atoms with E-state index in [4.69, 9.17) is 16.3 Å². The Morgan fingerprint density at radius 1 is 1.27 bits per heavy atom. The first-order valence-corrected chi connectivity index (χ1v) is 6.75. The second kappa shape index (κ2) is 7.06. The fourth-order valence-electron chi connectivity index (χ4n) is 1.77. The zero-order valence-electron chi connectivity index (χ0n) is 11.4. The molecular weight excluding hydrogens is 312 g/mol. The van der Waals surface area contributed by atoms with Crippen LogP contribution < -0.4 is 10.3 Å². The molecule has 116 valence electrons. The van der Waals surface area contributed by atoms with E-state index in [0.29, 0.717) is 10.8 Å². The van der Waals surface area contributed by atoms with Gasteiger partial charge in [-0.05, 0) is 24.3 Å². The van der Waals surface area contributed by atoms with Crippen LogP contribution in [0.2, 0.25) is 5.02 Å². The van der Waals surface area contributed by atoms with Crippen molar-refractivity contribution in [1.82, 2.24) is 4.57 Å². The molecular formula is C14H13ClN2O5. The highest BCUT2D eigenvalue weighted by Gasteiger charge is 2.12. The summed E-state index contributed by atoms with van der Waals surface area (Å²) >= 11 is 5.74. The van der Waals surface area contributed by atoms with Crippen LogP contribution in [0.1, 0.15) is 0 Å². The van der Waals surface area contributed by atoms with E-state index in [2.05, 4.69) is 0 Å². The van der Waals surface area contributed by atoms with Crippen molar-refractivity contribution >= 4 is 17.3 Å². The van der Waals surface area contributed by atoms with E-state index in [1.807, 2.05) is 0 Å². The number of aliphatic hydroxyl groups excluding tert-OH is 1. The lowest BCUT2D eigenvalue weighted by Gasteiger charge is -2.13. The third-order valence-electron chi connectivity index (χ3n) is 2.84. The SMILES string of the molecule is O=c1ccc([N+](=O)[O-])cn1CC(O)COc1ccc(Cl)cc1. The summed E-state index contributed by atoms with van der Waals surface area (Å²) in [5.74, 6) is 0.523. The lowest BCUT2D eigenvalue weighted by molar-refractivity contribution is -0.385. The van der Waals surface area contributed by atoms with Gasteiger partial charge in [-0.3, -0.25) is 14.9 Å². The molecule has 2 aromatic rings. The van der Waals surface area contributed by atoms with E-state index in [1.165, 1.54) is 0 Å². The number of hydrogen-bond acceptors (Lipinski definition) is 5. The summed E-state index contributed by atoms with van der Waals surface area (Å²) in [5, 5.41) is 21.1. The highest BCUT2D eigenvalue weighted by Crippen LogP contribution is 2.15. The molecule has 2 rings (SSSR count). The summed E-state index contributed by atoms with van der Waals surface area (Å²) in [4.78, 5) is 21.7. The van der Waals surface area contributed by atoms with Gasteiger partial charge in [0.25, 0.3) is 11.2 Å². The average molecular weight is 325 g/mol. The molecule has 7 nitrogen and oxygen atoms in total. The van der Waals surface area contributed by atoms with Crippen LogP contribution in [0.15, 0.2) is 47.4 Å². The van der Waals surface area contributed by atoms with E-state index >= 15 is 0 Å². The normalized spacial score (nSPS) is 11.9. The second-order valence-corrected chi connectivity index (χ2v) is 4.99. The fourth-order valence-corrected chi connectivity index (χ4v) is 1.90. The number of aliphatic hydroxyl groups is 1. The number of nitrogens with zero attached hydrogens (tertiary/aromatic N) is 2. The molecule has 1 heterocycles. The second-order valence-electron chi connectivity index (χ2n) is 4.55. The van der Waals surface area contributed by atoms with Crippen molar-refractivity contribution in [3.8, 4) is 5.75 Å². The topological polar surface area (TPSA) is 94.6 Å². The maximum atomic E-state index is 11.6. The van der Waals surface area contributed by atoms with Crippen molar-refractivity contribution in [3.63, 3.8) is 0 Å². The van der Waals surface area contributed by atoms with Gasteiger partial charge < -0.3 is 14.4 Å². The molecule has 0 radical (unpaired) electrons.